The molecule has 13 heteroatoms. The Hall–Kier alpha value is -3.55. The van der Waals surface area contributed by atoms with Crippen LogP contribution in [0.5, 0.6) is 0 Å². The maximum Gasteiger partial charge on any atom is 0.245 e. The number of primary amides is 1. The predicted octanol–water partition coefficient (Wildman–Crippen LogP) is -3.36. The number of carbonyl (C=O) groups is 5. The third-order valence-corrected chi connectivity index (χ3v) is 5.12. The zero-order chi connectivity index (χ0) is 27.3. The number of nitrogens with two attached hydrogens (primary N) is 2. The topological polar surface area (TPSA) is 226 Å². The lowest BCUT2D eigenvalue weighted by molar-refractivity contribution is -0.135. The van der Waals surface area contributed by atoms with Gasteiger partial charge in [-0.25, -0.2) is 0 Å². The molecule has 0 bridgehead atoms. The van der Waals surface area contributed by atoms with Crippen LogP contribution >= 0.6 is 0 Å². The van der Waals surface area contributed by atoms with Gasteiger partial charge in [-0.2, -0.15) is 0 Å². The van der Waals surface area contributed by atoms with Gasteiger partial charge in [-0.3, -0.25) is 24.0 Å². The van der Waals surface area contributed by atoms with Gasteiger partial charge in [0.15, 0.2) is 0 Å². The second-order valence-corrected chi connectivity index (χ2v) is 8.59. The van der Waals surface area contributed by atoms with E-state index < -0.39 is 73.5 Å². The van der Waals surface area contributed by atoms with Crippen molar-refractivity contribution in [3.05, 3.63) is 35.9 Å². The molecule has 0 aromatic heterocycles. The molecule has 0 aliphatic heterocycles. The summed E-state index contributed by atoms with van der Waals surface area (Å²) < 4.78 is 0. The first kappa shape index (κ1) is 30.5. The predicted molar refractivity (Wildman–Crippen MR) is 130 cm³/mol. The van der Waals surface area contributed by atoms with E-state index >= 15 is 0 Å². The second kappa shape index (κ2) is 15.4. The van der Waals surface area contributed by atoms with E-state index in [9.17, 15) is 34.2 Å². The van der Waals surface area contributed by atoms with Crippen molar-refractivity contribution in [2.24, 2.45) is 17.4 Å². The van der Waals surface area contributed by atoms with Gasteiger partial charge >= 0.3 is 0 Å². The van der Waals surface area contributed by atoms with Crippen LogP contribution in [0.1, 0.15) is 25.8 Å². The molecule has 1 aromatic carbocycles. The third-order valence-electron chi connectivity index (χ3n) is 5.12. The van der Waals surface area contributed by atoms with Gasteiger partial charge in [0.2, 0.25) is 29.5 Å². The number of aliphatic hydroxyl groups excluding tert-OH is 2. The minimum atomic E-state index is -1.50. The quantitative estimate of drug-likeness (QED) is 0.119. The van der Waals surface area contributed by atoms with Crippen LogP contribution in [0.3, 0.4) is 0 Å². The molecule has 0 fully saturated rings. The summed E-state index contributed by atoms with van der Waals surface area (Å²) in [5, 5.41) is 28.5. The van der Waals surface area contributed by atoms with Crippen molar-refractivity contribution in [3.63, 3.8) is 0 Å². The second-order valence-electron chi connectivity index (χ2n) is 8.59. The number of rotatable bonds is 15. The fraction of sp³-hybridized carbons (Fsp3) is 0.522. The minimum absolute atomic E-state index is 0.0451. The van der Waals surface area contributed by atoms with Gasteiger partial charge in [-0.05, 0) is 17.9 Å². The number of nitrogens with one attached hydrogen (secondary N) is 4. The van der Waals surface area contributed by atoms with E-state index in [1.807, 2.05) is 13.8 Å². The van der Waals surface area contributed by atoms with Gasteiger partial charge in [0.25, 0.3) is 0 Å². The molecular formula is C23H36N6O7. The Kier molecular flexibility index (Phi) is 13.1. The SMILES string of the molecule is CC(C)C[C@H](NC(=O)[C@H](Cc1ccccc1)NC(=O)[C@H](CO)NC(=O)[C@H](CO)NC(=O)CN)C(N)=O. The van der Waals surface area contributed by atoms with Crippen LogP contribution in [-0.4, -0.2) is 83.7 Å². The number of hydrogen-bond acceptors (Lipinski definition) is 8. The van der Waals surface area contributed by atoms with Crippen LogP contribution in [0.2, 0.25) is 0 Å². The van der Waals surface area contributed by atoms with Crippen LogP contribution < -0.4 is 32.7 Å². The molecule has 10 N–H and O–H groups in total. The molecule has 13 nitrogen and oxygen atoms in total. The molecule has 1 aromatic rings. The van der Waals surface area contributed by atoms with Crippen molar-refractivity contribution in [1.29, 1.82) is 0 Å². The van der Waals surface area contributed by atoms with Crippen molar-refractivity contribution in [2.75, 3.05) is 19.8 Å². The number of hydrogen-bond donors (Lipinski definition) is 8. The highest BCUT2D eigenvalue weighted by molar-refractivity contribution is 5.95. The van der Waals surface area contributed by atoms with Crippen LogP contribution in [0.4, 0.5) is 0 Å². The first-order chi connectivity index (χ1) is 17.0. The maximum atomic E-state index is 13.0. The Labute approximate surface area is 209 Å². The molecule has 0 aliphatic rings. The Morgan fingerprint density at radius 3 is 1.72 bits per heavy atom. The van der Waals surface area contributed by atoms with Gasteiger partial charge in [-0.15, -0.1) is 0 Å². The molecule has 0 spiro atoms. The molecule has 0 saturated heterocycles. The lowest BCUT2D eigenvalue weighted by atomic mass is 10.0. The number of carbonyl (C=O) groups excluding carboxylic acids is 5. The summed E-state index contributed by atoms with van der Waals surface area (Å²) in [6.45, 7) is 1.68. The van der Waals surface area contributed by atoms with Crippen LogP contribution in [-0.2, 0) is 30.4 Å². The summed E-state index contributed by atoms with van der Waals surface area (Å²) >= 11 is 0. The number of amides is 5. The summed E-state index contributed by atoms with van der Waals surface area (Å²) in [5.74, 6) is -3.90. The van der Waals surface area contributed by atoms with Crippen LogP contribution in [0.25, 0.3) is 0 Å². The normalized spacial score (nSPS) is 14.2. The van der Waals surface area contributed by atoms with E-state index in [4.69, 9.17) is 11.5 Å². The molecule has 0 aliphatic carbocycles. The van der Waals surface area contributed by atoms with Crippen molar-refractivity contribution < 1.29 is 34.2 Å². The highest BCUT2D eigenvalue weighted by atomic mass is 16.3. The van der Waals surface area contributed by atoms with Gasteiger partial charge in [-0.1, -0.05) is 44.2 Å². The minimum Gasteiger partial charge on any atom is -0.394 e. The fourth-order valence-corrected chi connectivity index (χ4v) is 3.24. The fourth-order valence-electron chi connectivity index (χ4n) is 3.24. The molecule has 0 heterocycles. The lowest BCUT2D eigenvalue weighted by Gasteiger charge is -2.25. The summed E-state index contributed by atoms with van der Waals surface area (Å²) in [7, 11) is 0. The molecule has 200 valence electrons. The van der Waals surface area contributed by atoms with E-state index in [0.717, 1.165) is 0 Å². The largest absolute Gasteiger partial charge is 0.394 e. The van der Waals surface area contributed by atoms with Crippen LogP contribution in [0, 0.1) is 5.92 Å². The number of benzene rings is 1. The van der Waals surface area contributed by atoms with E-state index in [1.165, 1.54) is 0 Å². The van der Waals surface area contributed by atoms with E-state index in [-0.39, 0.29) is 12.3 Å². The Morgan fingerprint density at radius 1 is 0.778 bits per heavy atom. The third kappa shape index (κ3) is 10.4. The average Bonchev–Trinajstić information content (AvgIpc) is 2.84. The first-order valence-electron chi connectivity index (χ1n) is 11.5. The molecule has 36 heavy (non-hydrogen) atoms. The standard InChI is InChI=1S/C23H36N6O7/c1-13(2)8-15(20(25)33)27-21(34)16(9-14-6-4-3-5-7-14)28-23(36)18(12-31)29-22(35)17(11-30)26-19(32)10-24/h3-7,13,15-18,30-31H,8-12,24H2,1-2H3,(H2,25,33)(H,26,32)(H,27,34)(H,28,36)(H,29,35)/t15-,16-,17-,18-/m0/s1. The highest BCUT2D eigenvalue weighted by Crippen LogP contribution is 2.08. The Morgan fingerprint density at radius 2 is 1.25 bits per heavy atom. The molecule has 1 rings (SSSR count). The van der Waals surface area contributed by atoms with E-state index in [2.05, 4.69) is 21.3 Å². The molecule has 0 unspecified atom stereocenters. The van der Waals surface area contributed by atoms with Gasteiger partial charge in [0.05, 0.1) is 19.8 Å². The Bertz CT molecular complexity index is 896. The van der Waals surface area contributed by atoms with Crippen molar-refractivity contribution in [1.82, 2.24) is 21.3 Å². The van der Waals surface area contributed by atoms with Gasteiger partial charge in [0, 0.05) is 6.42 Å². The van der Waals surface area contributed by atoms with Gasteiger partial charge < -0.3 is 42.9 Å². The monoisotopic (exact) mass is 508 g/mol. The smallest absolute Gasteiger partial charge is 0.245 e. The van der Waals surface area contributed by atoms with Crippen molar-refractivity contribution in [3.8, 4) is 0 Å². The average molecular weight is 509 g/mol. The van der Waals surface area contributed by atoms with E-state index in [0.29, 0.717) is 12.0 Å². The molecular weight excluding hydrogens is 472 g/mol. The molecule has 0 saturated carbocycles. The molecule has 5 amide bonds. The van der Waals surface area contributed by atoms with Gasteiger partial charge in [0.1, 0.15) is 24.2 Å². The summed E-state index contributed by atoms with van der Waals surface area (Å²) in [5.41, 5.74) is 11.3. The van der Waals surface area contributed by atoms with Crippen molar-refractivity contribution in [2.45, 2.75) is 50.9 Å². The van der Waals surface area contributed by atoms with Crippen LogP contribution in [0.15, 0.2) is 30.3 Å². The first-order valence-corrected chi connectivity index (χ1v) is 11.5. The zero-order valence-electron chi connectivity index (χ0n) is 20.4. The van der Waals surface area contributed by atoms with Crippen molar-refractivity contribution >= 4 is 29.5 Å². The highest BCUT2D eigenvalue weighted by Gasteiger charge is 2.30. The number of aliphatic hydroxyl groups is 2. The Balaban J connectivity index is 3.03. The summed E-state index contributed by atoms with van der Waals surface area (Å²) in [6, 6.07) is 3.71. The maximum absolute atomic E-state index is 13.0. The molecule has 4 atom stereocenters. The summed E-state index contributed by atoms with van der Waals surface area (Å²) in [6.07, 6.45) is 0.336. The van der Waals surface area contributed by atoms with E-state index in [1.54, 1.807) is 30.3 Å². The lowest BCUT2D eigenvalue weighted by Crippen LogP contribution is -2.60. The molecule has 0 radical (unpaired) electrons. The zero-order valence-corrected chi connectivity index (χ0v) is 20.4. The summed E-state index contributed by atoms with van der Waals surface area (Å²) in [4.78, 5) is 61.6.